The van der Waals surface area contributed by atoms with Gasteiger partial charge in [-0.3, -0.25) is 0 Å². The highest BCUT2D eigenvalue weighted by Gasteiger charge is 2.38. The molecule has 112 valence electrons. The molecule has 2 rings (SSSR count). The van der Waals surface area contributed by atoms with Crippen LogP contribution >= 0.6 is 0 Å². The summed E-state index contributed by atoms with van der Waals surface area (Å²) in [6.45, 7) is 7.49. The summed E-state index contributed by atoms with van der Waals surface area (Å²) in [7, 11) is 0. The molecule has 0 saturated heterocycles. The van der Waals surface area contributed by atoms with Crippen LogP contribution in [0.3, 0.4) is 0 Å². The average molecular weight is 279 g/mol. The van der Waals surface area contributed by atoms with Crippen molar-refractivity contribution < 1.29 is 9.13 Å². The van der Waals surface area contributed by atoms with Crippen LogP contribution in [0.15, 0.2) is 18.2 Å². The number of fused-ring (bicyclic) bond motifs is 1. The smallest absolute Gasteiger partial charge is 0.125 e. The van der Waals surface area contributed by atoms with E-state index in [0.717, 1.165) is 43.5 Å². The van der Waals surface area contributed by atoms with Crippen LogP contribution in [0, 0.1) is 5.82 Å². The molecule has 1 heterocycles. The third kappa shape index (κ3) is 3.14. The van der Waals surface area contributed by atoms with Crippen molar-refractivity contribution >= 4 is 0 Å². The molecule has 0 saturated carbocycles. The lowest BCUT2D eigenvalue weighted by Gasteiger charge is -2.42. The Morgan fingerprint density at radius 2 is 2.05 bits per heavy atom. The van der Waals surface area contributed by atoms with Crippen molar-refractivity contribution in [2.75, 3.05) is 6.54 Å². The zero-order chi connectivity index (χ0) is 14.6. The summed E-state index contributed by atoms with van der Waals surface area (Å²) in [6.07, 6.45) is 5.19. The molecule has 20 heavy (non-hydrogen) atoms. The van der Waals surface area contributed by atoms with Gasteiger partial charge in [-0.1, -0.05) is 27.2 Å². The number of rotatable bonds is 6. The highest BCUT2D eigenvalue weighted by atomic mass is 19.1. The minimum absolute atomic E-state index is 0.116. The first-order chi connectivity index (χ1) is 9.64. The number of unbranched alkanes of at least 4 members (excludes halogenated alkanes) is 1. The molecule has 0 fully saturated rings. The molecule has 2 nitrogen and oxygen atoms in total. The van der Waals surface area contributed by atoms with E-state index in [2.05, 4.69) is 26.1 Å². The van der Waals surface area contributed by atoms with Gasteiger partial charge in [0.05, 0.1) is 0 Å². The van der Waals surface area contributed by atoms with Crippen molar-refractivity contribution in [3.8, 4) is 5.75 Å². The lowest BCUT2D eigenvalue weighted by molar-refractivity contribution is 0.0226. The minimum Gasteiger partial charge on any atom is -0.487 e. The minimum atomic E-state index is -0.185. The molecule has 1 aromatic carbocycles. The molecule has 0 radical (unpaired) electrons. The van der Waals surface area contributed by atoms with Gasteiger partial charge in [0.2, 0.25) is 0 Å². The summed E-state index contributed by atoms with van der Waals surface area (Å²) in [6, 6.07) is 5.08. The predicted molar refractivity (Wildman–Crippen MR) is 80.6 cm³/mol. The van der Waals surface area contributed by atoms with E-state index in [4.69, 9.17) is 4.74 Å². The Balaban J connectivity index is 2.26. The number of hydrogen-bond donors (Lipinski definition) is 1. The van der Waals surface area contributed by atoms with E-state index in [1.54, 1.807) is 12.1 Å². The van der Waals surface area contributed by atoms with Crippen LogP contribution in [-0.4, -0.2) is 12.1 Å². The van der Waals surface area contributed by atoms with Crippen LogP contribution in [0.25, 0.3) is 0 Å². The van der Waals surface area contributed by atoms with Crippen LogP contribution in [0.4, 0.5) is 4.39 Å². The van der Waals surface area contributed by atoms with Gasteiger partial charge < -0.3 is 10.1 Å². The quantitative estimate of drug-likeness (QED) is 0.768. The van der Waals surface area contributed by atoms with Gasteiger partial charge in [-0.05, 0) is 44.0 Å². The normalized spacial score (nSPS) is 20.3. The van der Waals surface area contributed by atoms with E-state index in [1.807, 2.05) is 0 Å². The van der Waals surface area contributed by atoms with Crippen LogP contribution < -0.4 is 10.1 Å². The van der Waals surface area contributed by atoms with Crippen LogP contribution in [0.5, 0.6) is 5.75 Å². The second-order valence-corrected chi connectivity index (χ2v) is 5.74. The third-order valence-electron chi connectivity index (χ3n) is 4.46. The summed E-state index contributed by atoms with van der Waals surface area (Å²) < 4.78 is 19.7. The van der Waals surface area contributed by atoms with Crippen molar-refractivity contribution in [3.63, 3.8) is 0 Å². The summed E-state index contributed by atoms with van der Waals surface area (Å²) in [5, 5.41) is 3.58. The Hall–Kier alpha value is -1.09. The largest absolute Gasteiger partial charge is 0.487 e. The first kappa shape index (κ1) is 15.3. The number of benzene rings is 1. The molecule has 0 spiro atoms. The van der Waals surface area contributed by atoms with Gasteiger partial charge in [-0.25, -0.2) is 4.39 Å². The number of halogens is 1. The third-order valence-corrected chi connectivity index (χ3v) is 4.46. The van der Waals surface area contributed by atoms with Gasteiger partial charge in [0.25, 0.3) is 0 Å². The zero-order valence-electron chi connectivity index (χ0n) is 12.8. The first-order valence-electron chi connectivity index (χ1n) is 7.86. The molecule has 3 heteroatoms. The van der Waals surface area contributed by atoms with Gasteiger partial charge >= 0.3 is 0 Å². The van der Waals surface area contributed by atoms with Gasteiger partial charge in [0.15, 0.2) is 0 Å². The fourth-order valence-corrected chi connectivity index (χ4v) is 2.96. The zero-order valence-corrected chi connectivity index (χ0v) is 12.8. The molecule has 0 aliphatic carbocycles. The van der Waals surface area contributed by atoms with E-state index >= 15 is 0 Å². The topological polar surface area (TPSA) is 21.3 Å². The Kier molecular flexibility index (Phi) is 5.03. The SMILES string of the molecule is CCCCNC1CC(CC)(CC)Oc2ccc(F)cc21. The highest BCUT2D eigenvalue weighted by Crippen LogP contribution is 2.42. The van der Waals surface area contributed by atoms with E-state index < -0.39 is 0 Å². The first-order valence-corrected chi connectivity index (χ1v) is 7.86. The van der Waals surface area contributed by atoms with E-state index in [9.17, 15) is 4.39 Å². The average Bonchev–Trinajstić information content (AvgIpc) is 2.47. The lowest BCUT2D eigenvalue weighted by atomic mass is 9.83. The molecule has 1 unspecified atom stereocenters. The summed E-state index contributed by atoms with van der Waals surface area (Å²) in [4.78, 5) is 0. The lowest BCUT2D eigenvalue weighted by Crippen LogP contribution is -2.43. The number of ether oxygens (including phenoxy) is 1. The van der Waals surface area contributed by atoms with Gasteiger partial charge in [-0.2, -0.15) is 0 Å². The fourth-order valence-electron chi connectivity index (χ4n) is 2.96. The van der Waals surface area contributed by atoms with Gasteiger partial charge in [-0.15, -0.1) is 0 Å². The summed E-state index contributed by atoms with van der Waals surface area (Å²) in [5.74, 6) is 0.658. The summed E-state index contributed by atoms with van der Waals surface area (Å²) in [5.41, 5.74) is 0.855. The van der Waals surface area contributed by atoms with Crippen LogP contribution in [0.2, 0.25) is 0 Å². The molecule has 1 aromatic rings. The Morgan fingerprint density at radius 1 is 1.30 bits per heavy atom. The molecule has 0 aromatic heterocycles. The maximum absolute atomic E-state index is 13.5. The molecular formula is C17H26FNO. The highest BCUT2D eigenvalue weighted by molar-refractivity contribution is 5.39. The fraction of sp³-hybridized carbons (Fsp3) is 0.647. The van der Waals surface area contributed by atoms with Crippen molar-refractivity contribution in [2.24, 2.45) is 0 Å². The van der Waals surface area contributed by atoms with E-state index in [-0.39, 0.29) is 17.5 Å². The Morgan fingerprint density at radius 3 is 2.70 bits per heavy atom. The van der Waals surface area contributed by atoms with Gasteiger partial charge in [0, 0.05) is 18.0 Å². The molecule has 1 aliphatic heterocycles. The van der Waals surface area contributed by atoms with Crippen molar-refractivity contribution in [2.45, 2.75) is 64.5 Å². The van der Waals surface area contributed by atoms with Gasteiger partial charge in [0.1, 0.15) is 17.2 Å². The second-order valence-electron chi connectivity index (χ2n) is 5.74. The molecule has 1 aliphatic rings. The van der Waals surface area contributed by atoms with Crippen LogP contribution in [0.1, 0.15) is 64.5 Å². The van der Waals surface area contributed by atoms with Crippen molar-refractivity contribution in [1.29, 1.82) is 0 Å². The number of nitrogens with one attached hydrogen (secondary N) is 1. The Bertz CT molecular complexity index is 443. The molecule has 0 bridgehead atoms. The van der Waals surface area contributed by atoms with Crippen LogP contribution in [-0.2, 0) is 0 Å². The van der Waals surface area contributed by atoms with Crippen molar-refractivity contribution in [3.05, 3.63) is 29.6 Å². The maximum Gasteiger partial charge on any atom is 0.125 e. The second kappa shape index (κ2) is 6.57. The standard InChI is InChI=1S/C17H26FNO/c1-4-7-10-19-15-12-17(5-2,6-3)20-16-9-8-13(18)11-14(15)16/h8-9,11,15,19H,4-7,10,12H2,1-3H3. The predicted octanol–water partition coefficient (Wildman–Crippen LogP) is 4.60. The maximum atomic E-state index is 13.5. The van der Waals surface area contributed by atoms with E-state index in [0.29, 0.717) is 0 Å². The number of hydrogen-bond acceptors (Lipinski definition) is 2. The summed E-state index contributed by atoms with van der Waals surface area (Å²) >= 11 is 0. The molecule has 1 N–H and O–H groups in total. The van der Waals surface area contributed by atoms with Crippen molar-refractivity contribution in [1.82, 2.24) is 5.32 Å². The monoisotopic (exact) mass is 279 g/mol. The molecule has 0 amide bonds. The van der Waals surface area contributed by atoms with E-state index in [1.165, 1.54) is 12.5 Å². The molecular weight excluding hydrogens is 253 g/mol. The Labute approximate surface area is 121 Å². The molecule has 1 atom stereocenters.